The molecule has 1 aliphatic carbocycles. The van der Waals surface area contributed by atoms with Crippen LogP contribution in [0.3, 0.4) is 0 Å². The lowest BCUT2D eigenvalue weighted by atomic mass is 10.1. The number of likely N-dealkylation sites (tertiary alicyclic amines) is 1. The highest BCUT2D eigenvalue weighted by atomic mass is 79.9. The van der Waals surface area contributed by atoms with Gasteiger partial charge in [-0.2, -0.15) is 0 Å². The van der Waals surface area contributed by atoms with Crippen LogP contribution in [-0.2, 0) is 0 Å². The summed E-state index contributed by atoms with van der Waals surface area (Å²) in [5, 5.41) is 5.05. The second-order valence-corrected chi connectivity index (χ2v) is 10.3. The summed E-state index contributed by atoms with van der Waals surface area (Å²) in [4.78, 5) is 29.2. The van der Waals surface area contributed by atoms with E-state index in [1.807, 2.05) is 40.6 Å². The molecule has 1 saturated carbocycles. The molecule has 0 unspecified atom stereocenters. The molecule has 2 amide bonds. The fourth-order valence-corrected chi connectivity index (χ4v) is 5.92. The van der Waals surface area contributed by atoms with E-state index in [9.17, 15) is 9.59 Å². The van der Waals surface area contributed by atoms with Crippen LogP contribution in [0.5, 0.6) is 0 Å². The fraction of sp³-hybridized carbons (Fsp3) is 0.280. The number of benzene rings is 2. The van der Waals surface area contributed by atoms with Gasteiger partial charge >= 0.3 is 0 Å². The lowest BCUT2D eigenvalue weighted by Gasteiger charge is -2.28. The number of nitrogens with zero attached hydrogens (tertiary/aromatic N) is 1. The van der Waals surface area contributed by atoms with Crippen molar-refractivity contribution in [1.82, 2.24) is 10.2 Å². The third-order valence-electron chi connectivity index (χ3n) is 6.30. The van der Waals surface area contributed by atoms with Gasteiger partial charge in [0.2, 0.25) is 0 Å². The van der Waals surface area contributed by atoms with Crippen LogP contribution in [0.25, 0.3) is 10.4 Å². The Kier molecular flexibility index (Phi) is 5.44. The first-order valence-corrected chi connectivity index (χ1v) is 12.2. The van der Waals surface area contributed by atoms with Gasteiger partial charge in [-0.3, -0.25) is 9.59 Å². The summed E-state index contributed by atoms with van der Waals surface area (Å²) in [6.45, 7) is 3.34. The Morgan fingerprint density at radius 3 is 2.81 bits per heavy atom. The number of rotatable bonds is 5. The van der Waals surface area contributed by atoms with E-state index in [2.05, 4.69) is 46.4 Å². The summed E-state index contributed by atoms with van der Waals surface area (Å²) in [5.41, 5.74) is 3.65. The van der Waals surface area contributed by atoms with E-state index >= 15 is 0 Å². The van der Waals surface area contributed by atoms with Gasteiger partial charge in [0.15, 0.2) is 0 Å². The zero-order chi connectivity index (χ0) is 21.5. The number of hydrogen-bond donors (Lipinski definition) is 1. The lowest BCUT2D eigenvalue weighted by molar-refractivity contribution is 0.0696. The van der Waals surface area contributed by atoms with Crippen LogP contribution in [0.1, 0.15) is 32.7 Å². The molecule has 1 aliphatic heterocycles. The number of thiophene rings is 1. The molecule has 2 aliphatic rings. The first kappa shape index (κ1) is 20.5. The van der Waals surface area contributed by atoms with E-state index in [-0.39, 0.29) is 17.9 Å². The molecule has 0 spiro atoms. The van der Waals surface area contributed by atoms with E-state index in [0.29, 0.717) is 23.9 Å². The Labute approximate surface area is 194 Å². The Morgan fingerprint density at radius 2 is 2.00 bits per heavy atom. The molecule has 31 heavy (non-hydrogen) atoms. The molecule has 4 nitrogen and oxygen atoms in total. The standard InChI is InChI=1S/C25H23BrN2O2S/c1-15-4-2-5-16(10-15)23-20(8-9-31-23)25(30)28-14-18-12-21(18)22(28)13-27-24(29)17-6-3-7-19(26)11-17/h2-11,18,21-22H,12-14H2,1H3,(H,27,29)/t18-,21+,22-/m0/s1. The maximum absolute atomic E-state index is 13.5. The van der Waals surface area contributed by atoms with Gasteiger partial charge in [-0.15, -0.1) is 11.3 Å². The number of carbonyl (C=O) groups excluding carboxylic acids is 2. The normalized spacial score (nSPS) is 21.6. The third kappa shape index (κ3) is 4.06. The highest BCUT2D eigenvalue weighted by Gasteiger charge is 2.54. The zero-order valence-corrected chi connectivity index (χ0v) is 19.6. The molecule has 5 rings (SSSR count). The van der Waals surface area contributed by atoms with Crippen molar-refractivity contribution in [2.24, 2.45) is 11.8 Å². The minimum Gasteiger partial charge on any atom is -0.350 e. The average molecular weight is 495 g/mol. The number of amides is 2. The predicted octanol–water partition coefficient (Wildman–Crippen LogP) is 5.38. The molecular weight excluding hydrogens is 472 g/mol. The van der Waals surface area contributed by atoms with Gasteiger partial charge in [-0.05, 0) is 60.4 Å². The average Bonchev–Trinajstić information content (AvgIpc) is 3.20. The fourth-order valence-electron chi connectivity index (χ4n) is 4.64. The van der Waals surface area contributed by atoms with Crippen LogP contribution in [0.15, 0.2) is 64.5 Å². The molecule has 2 heterocycles. The molecular formula is C25H23BrN2O2S. The Balaban J connectivity index is 1.33. The van der Waals surface area contributed by atoms with Crippen LogP contribution in [0.2, 0.25) is 0 Å². The topological polar surface area (TPSA) is 49.4 Å². The molecule has 3 aromatic rings. The zero-order valence-electron chi connectivity index (χ0n) is 17.2. The molecule has 2 fully saturated rings. The molecule has 0 bridgehead atoms. The minimum atomic E-state index is -0.103. The van der Waals surface area contributed by atoms with Gasteiger partial charge in [-0.25, -0.2) is 0 Å². The highest BCUT2D eigenvalue weighted by molar-refractivity contribution is 9.10. The summed E-state index contributed by atoms with van der Waals surface area (Å²) >= 11 is 5.02. The van der Waals surface area contributed by atoms with Crippen LogP contribution < -0.4 is 5.32 Å². The van der Waals surface area contributed by atoms with E-state index in [1.54, 1.807) is 17.4 Å². The summed E-state index contributed by atoms with van der Waals surface area (Å²) in [5.74, 6) is 1.03. The van der Waals surface area contributed by atoms with Crippen LogP contribution in [0, 0.1) is 18.8 Å². The van der Waals surface area contributed by atoms with Crippen molar-refractivity contribution in [3.8, 4) is 10.4 Å². The SMILES string of the molecule is Cc1cccc(-c2sccc2C(=O)N2C[C@@H]3C[C@H]3[C@@H]2CNC(=O)c2cccc(Br)c2)c1. The number of halogens is 1. The van der Waals surface area contributed by atoms with Crippen LogP contribution >= 0.6 is 27.3 Å². The highest BCUT2D eigenvalue weighted by Crippen LogP contribution is 2.50. The first-order chi connectivity index (χ1) is 15.0. The van der Waals surface area contributed by atoms with Gasteiger partial charge in [-0.1, -0.05) is 51.8 Å². The molecule has 0 radical (unpaired) electrons. The maximum atomic E-state index is 13.5. The van der Waals surface area contributed by atoms with E-state index in [4.69, 9.17) is 0 Å². The van der Waals surface area contributed by atoms with Crippen molar-refractivity contribution in [2.45, 2.75) is 19.4 Å². The van der Waals surface area contributed by atoms with Crippen molar-refractivity contribution in [2.75, 3.05) is 13.1 Å². The minimum absolute atomic E-state index is 0.0545. The largest absolute Gasteiger partial charge is 0.350 e. The Hall–Kier alpha value is -2.44. The number of nitrogens with one attached hydrogen (secondary N) is 1. The van der Waals surface area contributed by atoms with Crippen molar-refractivity contribution in [3.63, 3.8) is 0 Å². The van der Waals surface area contributed by atoms with Crippen molar-refractivity contribution in [3.05, 3.63) is 81.1 Å². The number of carbonyl (C=O) groups is 2. The first-order valence-electron chi connectivity index (χ1n) is 10.5. The van der Waals surface area contributed by atoms with E-state index in [0.717, 1.165) is 33.4 Å². The smallest absolute Gasteiger partial charge is 0.255 e. The molecule has 3 atom stereocenters. The maximum Gasteiger partial charge on any atom is 0.255 e. The second kappa shape index (κ2) is 8.24. The van der Waals surface area contributed by atoms with Crippen molar-refractivity contribution >= 4 is 39.1 Å². The molecule has 158 valence electrons. The second-order valence-electron chi connectivity index (χ2n) is 8.44. The van der Waals surface area contributed by atoms with Crippen molar-refractivity contribution < 1.29 is 9.59 Å². The lowest BCUT2D eigenvalue weighted by Crippen LogP contribution is -2.45. The Bertz CT molecular complexity index is 1160. The third-order valence-corrected chi connectivity index (χ3v) is 7.76. The number of aryl methyl sites for hydroxylation is 1. The summed E-state index contributed by atoms with van der Waals surface area (Å²) in [6.07, 6.45) is 1.15. The van der Waals surface area contributed by atoms with Gasteiger partial charge in [0, 0.05) is 28.0 Å². The van der Waals surface area contributed by atoms with E-state index < -0.39 is 0 Å². The van der Waals surface area contributed by atoms with Crippen LogP contribution in [-0.4, -0.2) is 35.8 Å². The van der Waals surface area contributed by atoms with Gasteiger partial charge in [0.05, 0.1) is 11.6 Å². The molecule has 1 N–H and O–H groups in total. The summed E-state index contributed by atoms with van der Waals surface area (Å²) in [6, 6.07) is 17.6. The number of fused-ring (bicyclic) bond motifs is 1. The molecule has 1 aromatic heterocycles. The summed E-state index contributed by atoms with van der Waals surface area (Å²) < 4.78 is 0.876. The number of hydrogen-bond acceptors (Lipinski definition) is 3. The molecule has 1 saturated heterocycles. The molecule has 2 aromatic carbocycles. The number of piperidine rings is 1. The summed E-state index contributed by atoms with van der Waals surface area (Å²) in [7, 11) is 0. The van der Waals surface area contributed by atoms with Crippen molar-refractivity contribution in [1.29, 1.82) is 0 Å². The van der Waals surface area contributed by atoms with E-state index in [1.165, 1.54) is 5.56 Å². The van der Waals surface area contributed by atoms with Crippen LogP contribution in [0.4, 0.5) is 0 Å². The van der Waals surface area contributed by atoms with Gasteiger partial charge in [0.25, 0.3) is 11.8 Å². The van der Waals surface area contributed by atoms with Gasteiger partial charge in [0.1, 0.15) is 0 Å². The van der Waals surface area contributed by atoms with Gasteiger partial charge < -0.3 is 10.2 Å². The predicted molar refractivity (Wildman–Crippen MR) is 127 cm³/mol. The monoisotopic (exact) mass is 494 g/mol. The Morgan fingerprint density at radius 1 is 1.16 bits per heavy atom. The quantitative estimate of drug-likeness (QED) is 0.517. The molecule has 6 heteroatoms.